The van der Waals surface area contributed by atoms with Crippen LogP contribution in [0.15, 0.2) is 97.1 Å². The quantitative estimate of drug-likeness (QED) is 0.0475. The molecule has 8 heteroatoms. The molecule has 0 aliphatic heterocycles. The number of ether oxygens (including phenoxy) is 2. The van der Waals surface area contributed by atoms with E-state index in [4.69, 9.17) is 9.47 Å². The molecule has 0 unspecified atom stereocenters. The molecule has 0 aliphatic rings. The predicted octanol–water partition coefficient (Wildman–Crippen LogP) is 10.6. The molecule has 6 aromatic carbocycles. The summed E-state index contributed by atoms with van der Waals surface area (Å²) in [5.41, 5.74) is 11.0. The van der Waals surface area contributed by atoms with Gasteiger partial charge in [0.15, 0.2) is 0 Å². The van der Waals surface area contributed by atoms with Crippen LogP contribution >= 0.6 is 0 Å². The molecular weight excluding hydrogens is 753 g/mol. The van der Waals surface area contributed by atoms with Gasteiger partial charge < -0.3 is 40.1 Å². The van der Waals surface area contributed by atoms with Crippen molar-refractivity contribution in [2.24, 2.45) is 0 Å². The second-order valence-corrected chi connectivity index (χ2v) is 15.5. The van der Waals surface area contributed by atoms with E-state index in [2.05, 4.69) is 0 Å². The van der Waals surface area contributed by atoms with E-state index in [1.165, 1.54) is 0 Å². The third kappa shape index (κ3) is 10.2. The molecule has 0 heterocycles. The van der Waals surface area contributed by atoms with Crippen LogP contribution in [0.4, 0.5) is 0 Å². The van der Waals surface area contributed by atoms with Crippen molar-refractivity contribution in [2.75, 3.05) is 0 Å². The molecule has 0 saturated carbocycles. The molecule has 0 radical (unpaired) electrons. The highest BCUT2D eigenvalue weighted by Gasteiger charge is 2.17. The molecule has 0 saturated heterocycles. The average molecular weight is 811 g/mol. The first kappa shape index (κ1) is 43.6. The van der Waals surface area contributed by atoms with Gasteiger partial charge >= 0.3 is 0 Å². The Morgan fingerprint density at radius 3 is 0.983 bits per heavy atom. The van der Waals surface area contributed by atoms with E-state index in [9.17, 15) is 30.6 Å². The summed E-state index contributed by atoms with van der Waals surface area (Å²) in [6.07, 6.45) is 4.69. The fourth-order valence-corrected chi connectivity index (χ4v) is 7.95. The number of hydrogen-bond donors (Lipinski definition) is 6. The van der Waals surface area contributed by atoms with E-state index < -0.39 is 0 Å². The van der Waals surface area contributed by atoms with Gasteiger partial charge in [0.25, 0.3) is 0 Å². The fraction of sp³-hybridized carbons (Fsp3) is 0.308. The minimum absolute atomic E-state index is 0.138. The van der Waals surface area contributed by atoms with Crippen LogP contribution in [0.5, 0.6) is 34.5 Å². The summed E-state index contributed by atoms with van der Waals surface area (Å²) >= 11 is 0. The maximum absolute atomic E-state index is 11.4. The fourth-order valence-electron chi connectivity index (χ4n) is 7.95. The minimum Gasteiger partial charge on any atom is -0.507 e. The number of para-hydroxylation sites is 4. The summed E-state index contributed by atoms with van der Waals surface area (Å²) in [7, 11) is 0. The highest BCUT2D eigenvalue weighted by Crippen LogP contribution is 2.34. The second-order valence-electron chi connectivity index (χ2n) is 15.5. The first-order valence-electron chi connectivity index (χ1n) is 21.1. The predicted molar refractivity (Wildman–Crippen MR) is 236 cm³/mol. The molecule has 6 N–H and O–H groups in total. The van der Waals surface area contributed by atoms with Gasteiger partial charge in [0.2, 0.25) is 0 Å². The van der Waals surface area contributed by atoms with E-state index in [1.807, 2.05) is 125 Å². The lowest BCUT2D eigenvalue weighted by Gasteiger charge is -2.16. The van der Waals surface area contributed by atoms with Gasteiger partial charge in [-0.1, -0.05) is 113 Å². The Bertz CT molecular complexity index is 2420. The topological polar surface area (TPSA) is 140 Å². The van der Waals surface area contributed by atoms with Crippen molar-refractivity contribution in [2.45, 2.75) is 105 Å². The molecular formula is C52H58O8. The van der Waals surface area contributed by atoms with E-state index >= 15 is 0 Å². The Balaban J connectivity index is 1.09. The third-order valence-electron chi connectivity index (χ3n) is 11.5. The van der Waals surface area contributed by atoms with Crippen LogP contribution in [0, 0.1) is 0 Å². The molecule has 6 aromatic rings. The van der Waals surface area contributed by atoms with Gasteiger partial charge in [0, 0.05) is 35.1 Å². The lowest BCUT2D eigenvalue weighted by molar-refractivity contribution is 0.103. The molecule has 60 heavy (non-hydrogen) atoms. The lowest BCUT2D eigenvalue weighted by atomic mass is 9.94. The minimum atomic E-state index is 0.138. The highest BCUT2D eigenvalue weighted by atomic mass is 16.5. The second kappa shape index (κ2) is 20.3. The van der Waals surface area contributed by atoms with Crippen molar-refractivity contribution >= 4 is 0 Å². The van der Waals surface area contributed by atoms with Gasteiger partial charge in [-0.3, -0.25) is 0 Å². The van der Waals surface area contributed by atoms with Crippen molar-refractivity contribution in [1.82, 2.24) is 0 Å². The highest BCUT2D eigenvalue weighted by molar-refractivity contribution is 5.50. The molecule has 6 rings (SSSR count). The van der Waals surface area contributed by atoms with E-state index in [0.717, 1.165) is 68.5 Å². The zero-order chi connectivity index (χ0) is 42.8. The molecule has 0 aromatic heterocycles. The Kier molecular flexibility index (Phi) is 14.8. The maximum Gasteiger partial charge on any atom is 0.124 e. The van der Waals surface area contributed by atoms with Gasteiger partial charge in [-0.25, -0.2) is 0 Å². The first-order valence-corrected chi connectivity index (χ1v) is 21.1. The van der Waals surface area contributed by atoms with E-state index in [0.29, 0.717) is 66.5 Å². The standard InChI is InChI=1S/C52H58O8/c1-5-35-13-9-17-41(47(35)53)25-33-23-37(7-3)49(55)45(27-33)32-60-30-44-20-12-16-40(52(44)58)22-21-39-15-11-18-42(51(39)57)26-34-24-38(8-4)50(56)46(28-34)31-59-29-43-19-10-14-36(6-2)48(43)54/h9-20,23-24,27-28,53-58H,5-8,21-22,25-26,29-32H2,1-4H3. The van der Waals surface area contributed by atoms with Crippen LogP contribution in [0.3, 0.4) is 0 Å². The van der Waals surface area contributed by atoms with Crippen LogP contribution in [0.1, 0.15) is 106 Å². The summed E-state index contributed by atoms with van der Waals surface area (Å²) in [5.74, 6) is 1.30. The SMILES string of the molecule is CCc1cccc(COCc2cc(Cc3cccc(CCc4cccc(COCc5cc(Cc6cccc(CC)c6O)cc(CC)c5O)c4O)c3O)cc(CC)c2O)c1O. The number of aryl methyl sites for hydroxylation is 6. The van der Waals surface area contributed by atoms with Crippen molar-refractivity contribution < 1.29 is 40.1 Å². The zero-order valence-electron chi connectivity index (χ0n) is 35.2. The lowest BCUT2D eigenvalue weighted by Crippen LogP contribution is -2.01. The Labute approximate surface area is 354 Å². The summed E-state index contributed by atoms with van der Waals surface area (Å²) < 4.78 is 12.1. The van der Waals surface area contributed by atoms with Gasteiger partial charge in [-0.2, -0.15) is 0 Å². The normalized spacial score (nSPS) is 11.3. The number of rotatable bonds is 19. The largest absolute Gasteiger partial charge is 0.507 e. The molecule has 314 valence electrons. The van der Waals surface area contributed by atoms with Crippen LogP contribution in [-0.2, 0) is 87.3 Å². The van der Waals surface area contributed by atoms with E-state index in [1.54, 1.807) is 0 Å². The smallest absolute Gasteiger partial charge is 0.124 e. The van der Waals surface area contributed by atoms with Crippen molar-refractivity contribution in [3.8, 4) is 34.5 Å². The van der Waals surface area contributed by atoms with Gasteiger partial charge in [-0.05, 0) is 106 Å². The molecule has 0 amide bonds. The molecule has 0 aliphatic carbocycles. The summed E-state index contributed by atoms with van der Waals surface area (Å²) in [5, 5.41) is 66.1. The number of phenols is 6. The average Bonchev–Trinajstić information content (AvgIpc) is 3.25. The zero-order valence-corrected chi connectivity index (χ0v) is 35.2. The number of phenolic OH excluding ortho intramolecular Hbond substituents is 6. The number of hydrogen-bond acceptors (Lipinski definition) is 8. The monoisotopic (exact) mass is 810 g/mol. The molecule has 8 nitrogen and oxygen atoms in total. The number of aromatic hydroxyl groups is 6. The Morgan fingerprint density at radius 2 is 0.583 bits per heavy atom. The van der Waals surface area contributed by atoms with Crippen molar-refractivity contribution in [3.05, 3.63) is 175 Å². The van der Waals surface area contributed by atoms with Gasteiger partial charge in [0.05, 0.1) is 26.4 Å². The summed E-state index contributed by atoms with van der Waals surface area (Å²) in [6.45, 7) is 8.64. The molecule has 0 spiro atoms. The van der Waals surface area contributed by atoms with Crippen LogP contribution in [0.25, 0.3) is 0 Å². The first-order chi connectivity index (χ1) is 29.0. The van der Waals surface area contributed by atoms with Crippen molar-refractivity contribution in [1.29, 1.82) is 0 Å². The maximum atomic E-state index is 11.4. The van der Waals surface area contributed by atoms with Gasteiger partial charge in [0.1, 0.15) is 34.5 Å². The van der Waals surface area contributed by atoms with Crippen LogP contribution in [0.2, 0.25) is 0 Å². The Morgan fingerprint density at radius 1 is 0.317 bits per heavy atom. The number of benzene rings is 6. The third-order valence-corrected chi connectivity index (χ3v) is 11.5. The molecule has 0 bridgehead atoms. The Hall–Kier alpha value is -5.96. The molecule has 0 atom stereocenters. The van der Waals surface area contributed by atoms with Crippen molar-refractivity contribution in [3.63, 3.8) is 0 Å². The van der Waals surface area contributed by atoms with E-state index in [-0.39, 0.29) is 55.2 Å². The van der Waals surface area contributed by atoms with Gasteiger partial charge in [-0.15, -0.1) is 0 Å². The molecule has 0 fully saturated rings. The van der Waals surface area contributed by atoms with Crippen LogP contribution in [-0.4, -0.2) is 30.6 Å². The van der Waals surface area contributed by atoms with Crippen LogP contribution < -0.4 is 0 Å². The summed E-state index contributed by atoms with van der Waals surface area (Å²) in [4.78, 5) is 0. The summed E-state index contributed by atoms with van der Waals surface area (Å²) in [6, 6.07) is 30.5.